The lowest BCUT2D eigenvalue weighted by Gasteiger charge is -2.05. The Bertz CT molecular complexity index is 263. The van der Waals surface area contributed by atoms with Gasteiger partial charge >= 0.3 is 0 Å². The molecule has 0 aromatic heterocycles. The number of aryl methyl sites for hydroxylation is 1. The molecule has 0 aliphatic carbocycles. The van der Waals surface area contributed by atoms with Gasteiger partial charge < -0.3 is 5.32 Å². The topological polar surface area (TPSA) is 12.0 Å². The van der Waals surface area contributed by atoms with Crippen LogP contribution in [0, 0.1) is 6.92 Å². The zero-order valence-corrected chi connectivity index (χ0v) is 9.45. The molecule has 1 N–H and O–H groups in total. The molecular formula is C9H12BrNS. The van der Waals surface area contributed by atoms with E-state index in [1.807, 2.05) is 0 Å². The minimum Gasteiger partial charge on any atom is -0.384 e. The van der Waals surface area contributed by atoms with Crippen molar-refractivity contribution in [2.45, 2.75) is 6.92 Å². The van der Waals surface area contributed by atoms with E-state index in [0.29, 0.717) is 0 Å². The molecule has 1 aromatic rings. The first kappa shape index (κ1) is 9.93. The number of anilines is 1. The smallest absolute Gasteiger partial charge is 0.0351 e. The minimum absolute atomic E-state index is 0.853. The Morgan fingerprint density at radius 1 is 1.50 bits per heavy atom. The summed E-state index contributed by atoms with van der Waals surface area (Å²) in [4.78, 5) is 0. The van der Waals surface area contributed by atoms with Crippen LogP contribution in [0.3, 0.4) is 0 Å². The maximum absolute atomic E-state index is 4.12. The zero-order valence-electron chi connectivity index (χ0n) is 6.97. The number of hydrogen-bond acceptors (Lipinski definition) is 2. The highest BCUT2D eigenvalue weighted by molar-refractivity contribution is 9.10. The summed E-state index contributed by atoms with van der Waals surface area (Å²) in [5, 5.41) is 3.26. The van der Waals surface area contributed by atoms with E-state index in [1.165, 1.54) is 5.56 Å². The van der Waals surface area contributed by atoms with Crippen molar-refractivity contribution in [1.29, 1.82) is 0 Å². The molecule has 12 heavy (non-hydrogen) atoms. The van der Waals surface area contributed by atoms with E-state index in [4.69, 9.17) is 0 Å². The summed E-state index contributed by atoms with van der Waals surface area (Å²) < 4.78 is 1.15. The largest absolute Gasteiger partial charge is 0.384 e. The zero-order chi connectivity index (χ0) is 8.97. The minimum atomic E-state index is 0.853. The lowest BCUT2D eigenvalue weighted by Crippen LogP contribution is -2.02. The van der Waals surface area contributed by atoms with Crippen LogP contribution in [0.15, 0.2) is 22.7 Å². The summed E-state index contributed by atoms with van der Waals surface area (Å²) in [5.41, 5.74) is 2.40. The van der Waals surface area contributed by atoms with E-state index in [0.717, 1.165) is 22.5 Å². The summed E-state index contributed by atoms with van der Waals surface area (Å²) in [6.07, 6.45) is 0. The number of benzene rings is 1. The van der Waals surface area contributed by atoms with Gasteiger partial charge in [0.05, 0.1) is 0 Å². The van der Waals surface area contributed by atoms with Crippen molar-refractivity contribution < 1.29 is 0 Å². The maximum atomic E-state index is 4.12. The van der Waals surface area contributed by atoms with E-state index in [-0.39, 0.29) is 0 Å². The van der Waals surface area contributed by atoms with Crippen LogP contribution in [0.2, 0.25) is 0 Å². The lowest BCUT2D eigenvalue weighted by molar-refractivity contribution is 1.23. The average molecular weight is 246 g/mol. The predicted octanol–water partition coefficient (Wildman–Crippen LogP) is 3.10. The number of hydrogen-bond donors (Lipinski definition) is 2. The van der Waals surface area contributed by atoms with Gasteiger partial charge in [0.25, 0.3) is 0 Å². The first-order chi connectivity index (χ1) is 5.74. The monoisotopic (exact) mass is 245 g/mol. The van der Waals surface area contributed by atoms with Crippen LogP contribution in [-0.2, 0) is 0 Å². The Hall–Kier alpha value is -0.150. The van der Waals surface area contributed by atoms with Crippen LogP contribution in [0.4, 0.5) is 5.69 Å². The molecule has 1 rings (SSSR count). The normalized spacial score (nSPS) is 9.92. The molecule has 0 amide bonds. The third-order valence-corrected chi connectivity index (χ3v) is 2.69. The molecule has 0 bridgehead atoms. The molecule has 0 unspecified atom stereocenters. The van der Waals surface area contributed by atoms with Crippen LogP contribution >= 0.6 is 28.6 Å². The third-order valence-electron chi connectivity index (χ3n) is 1.61. The van der Waals surface area contributed by atoms with E-state index in [1.54, 1.807) is 0 Å². The lowest BCUT2D eigenvalue weighted by atomic mass is 10.2. The van der Waals surface area contributed by atoms with Crippen molar-refractivity contribution in [3.63, 3.8) is 0 Å². The Labute approximate surface area is 87.1 Å². The van der Waals surface area contributed by atoms with Gasteiger partial charge in [-0.15, -0.1) is 0 Å². The summed E-state index contributed by atoms with van der Waals surface area (Å²) in [7, 11) is 0. The Kier molecular flexibility index (Phi) is 3.95. The molecule has 0 heterocycles. The molecule has 0 aliphatic heterocycles. The molecule has 0 saturated heterocycles. The highest BCUT2D eigenvalue weighted by Crippen LogP contribution is 2.20. The van der Waals surface area contributed by atoms with Gasteiger partial charge in [-0.3, -0.25) is 0 Å². The predicted molar refractivity (Wildman–Crippen MR) is 61.2 cm³/mol. The fourth-order valence-electron chi connectivity index (χ4n) is 0.903. The molecule has 0 saturated carbocycles. The van der Waals surface area contributed by atoms with Crippen molar-refractivity contribution in [3.8, 4) is 0 Å². The molecule has 1 aromatic carbocycles. The van der Waals surface area contributed by atoms with Crippen molar-refractivity contribution in [1.82, 2.24) is 0 Å². The van der Waals surface area contributed by atoms with Crippen molar-refractivity contribution in [2.75, 3.05) is 17.6 Å². The van der Waals surface area contributed by atoms with Gasteiger partial charge in [0, 0.05) is 22.5 Å². The maximum Gasteiger partial charge on any atom is 0.0351 e. The molecule has 0 atom stereocenters. The first-order valence-electron chi connectivity index (χ1n) is 3.85. The van der Waals surface area contributed by atoms with Gasteiger partial charge in [0.2, 0.25) is 0 Å². The van der Waals surface area contributed by atoms with Gasteiger partial charge in [-0.2, -0.15) is 12.6 Å². The molecule has 3 heteroatoms. The second-order valence-electron chi connectivity index (χ2n) is 2.61. The van der Waals surface area contributed by atoms with Crippen LogP contribution in [0.25, 0.3) is 0 Å². The highest BCUT2D eigenvalue weighted by atomic mass is 79.9. The highest BCUT2D eigenvalue weighted by Gasteiger charge is 1.95. The molecular weight excluding hydrogens is 234 g/mol. The van der Waals surface area contributed by atoms with Crippen LogP contribution in [-0.4, -0.2) is 12.3 Å². The molecule has 0 fully saturated rings. The fraction of sp³-hybridized carbons (Fsp3) is 0.333. The quantitative estimate of drug-likeness (QED) is 0.781. The molecule has 1 nitrogen and oxygen atoms in total. The Morgan fingerprint density at radius 3 is 2.83 bits per heavy atom. The SMILES string of the molecule is Cc1ccc(NCCS)cc1Br. The molecule has 0 aliphatic rings. The standard InChI is InChI=1S/C9H12BrNS/c1-7-2-3-8(6-9(7)10)11-4-5-12/h2-3,6,11-12H,4-5H2,1H3. The number of thiol groups is 1. The second-order valence-corrected chi connectivity index (χ2v) is 3.92. The number of nitrogens with one attached hydrogen (secondary N) is 1. The van der Waals surface area contributed by atoms with Gasteiger partial charge in [-0.1, -0.05) is 22.0 Å². The van der Waals surface area contributed by atoms with Crippen molar-refractivity contribution >= 4 is 34.2 Å². The first-order valence-corrected chi connectivity index (χ1v) is 5.27. The third kappa shape index (κ3) is 2.72. The van der Waals surface area contributed by atoms with Crippen molar-refractivity contribution in [2.24, 2.45) is 0 Å². The second kappa shape index (κ2) is 4.77. The Morgan fingerprint density at radius 2 is 2.25 bits per heavy atom. The van der Waals surface area contributed by atoms with Gasteiger partial charge in [-0.05, 0) is 24.6 Å². The summed E-state index contributed by atoms with van der Waals surface area (Å²) in [6.45, 7) is 2.98. The molecule has 0 radical (unpaired) electrons. The number of halogens is 1. The average Bonchev–Trinajstić information content (AvgIpc) is 2.07. The summed E-state index contributed by atoms with van der Waals surface area (Å²) >= 11 is 7.60. The van der Waals surface area contributed by atoms with Gasteiger partial charge in [-0.25, -0.2) is 0 Å². The van der Waals surface area contributed by atoms with Crippen molar-refractivity contribution in [3.05, 3.63) is 28.2 Å². The van der Waals surface area contributed by atoms with E-state index >= 15 is 0 Å². The van der Waals surface area contributed by atoms with Gasteiger partial charge in [0.15, 0.2) is 0 Å². The van der Waals surface area contributed by atoms with E-state index < -0.39 is 0 Å². The van der Waals surface area contributed by atoms with Crippen LogP contribution in [0.1, 0.15) is 5.56 Å². The molecule has 66 valence electrons. The Balaban J connectivity index is 2.69. The van der Waals surface area contributed by atoms with E-state index in [2.05, 4.69) is 59.0 Å². The molecule has 0 spiro atoms. The fourth-order valence-corrected chi connectivity index (χ4v) is 1.39. The van der Waals surface area contributed by atoms with Crippen LogP contribution in [0.5, 0.6) is 0 Å². The summed E-state index contributed by atoms with van der Waals surface area (Å²) in [6, 6.07) is 6.24. The van der Waals surface area contributed by atoms with E-state index in [9.17, 15) is 0 Å². The van der Waals surface area contributed by atoms with Gasteiger partial charge in [0.1, 0.15) is 0 Å². The van der Waals surface area contributed by atoms with Crippen LogP contribution < -0.4 is 5.32 Å². The summed E-state index contributed by atoms with van der Waals surface area (Å²) in [5.74, 6) is 0.853. The number of rotatable bonds is 3.